The van der Waals surface area contributed by atoms with Crippen LogP contribution in [0.5, 0.6) is 11.5 Å². The summed E-state index contributed by atoms with van der Waals surface area (Å²) in [5, 5.41) is 0. The topological polar surface area (TPSA) is 91.4 Å². The monoisotopic (exact) mass is 384 g/mol. The number of epoxide rings is 1. The summed E-state index contributed by atoms with van der Waals surface area (Å²) < 4.78 is 21.2. The molecule has 0 aliphatic carbocycles. The molecule has 1 fully saturated rings. The maximum absolute atomic E-state index is 12.1. The van der Waals surface area contributed by atoms with Crippen molar-refractivity contribution in [2.75, 3.05) is 13.2 Å². The Kier molecular flexibility index (Phi) is 5.75. The predicted molar refractivity (Wildman–Crippen MR) is 97.8 cm³/mol. The van der Waals surface area contributed by atoms with E-state index in [2.05, 4.69) is 0 Å². The Bertz CT molecular complexity index is 885. The van der Waals surface area contributed by atoms with Crippen LogP contribution < -0.4 is 9.47 Å². The van der Waals surface area contributed by atoms with Gasteiger partial charge in [-0.15, -0.1) is 0 Å². The van der Waals surface area contributed by atoms with Gasteiger partial charge in [0.1, 0.15) is 18.1 Å². The Hall–Kier alpha value is -3.19. The van der Waals surface area contributed by atoms with Gasteiger partial charge >= 0.3 is 17.9 Å². The van der Waals surface area contributed by atoms with Gasteiger partial charge in [0.05, 0.1) is 13.0 Å². The van der Waals surface area contributed by atoms with Gasteiger partial charge in [-0.25, -0.2) is 0 Å². The summed E-state index contributed by atoms with van der Waals surface area (Å²) in [6, 6.07) is 13.9. The minimum atomic E-state index is -0.883. The molecule has 0 saturated carbocycles. The molecule has 0 spiro atoms. The van der Waals surface area contributed by atoms with Gasteiger partial charge in [-0.3, -0.25) is 14.4 Å². The van der Waals surface area contributed by atoms with Crippen LogP contribution in [0.1, 0.15) is 25.0 Å². The van der Waals surface area contributed by atoms with Gasteiger partial charge < -0.3 is 18.9 Å². The number of esters is 3. The van der Waals surface area contributed by atoms with Crippen molar-refractivity contribution < 1.29 is 33.3 Å². The van der Waals surface area contributed by atoms with Crippen molar-refractivity contribution in [3.63, 3.8) is 0 Å². The standard InChI is InChI=1S/C21H20O7/c1-14(22)27-17-8-9-18(19(11-17)28-15(2)23)21(13-26-21)12-25-20(24)10-16-6-4-3-5-7-16/h3-9,11H,10,12-13H2,1-2H3. The summed E-state index contributed by atoms with van der Waals surface area (Å²) in [7, 11) is 0. The summed E-state index contributed by atoms with van der Waals surface area (Å²) in [4.78, 5) is 34.8. The predicted octanol–water partition coefficient (Wildman–Crippen LogP) is 2.55. The molecule has 1 atom stereocenters. The zero-order chi connectivity index (χ0) is 20.1. The Balaban J connectivity index is 1.72. The van der Waals surface area contributed by atoms with Crippen LogP contribution in [0.4, 0.5) is 0 Å². The normalized spacial score (nSPS) is 17.5. The van der Waals surface area contributed by atoms with Gasteiger partial charge in [0.2, 0.25) is 0 Å². The largest absolute Gasteiger partial charge is 0.462 e. The number of carbonyl (C=O) groups excluding carboxylic acids is 3. The molecular weight excluding hydrogens is 364 g/mol. The summed E-state index contributed by atoms with van der Waals surface area (Å²) in [6.07, 6.45) is 0.152. The van der Waals surface area contributed by atoms with Crippen LogP contribution in [-0.2, 0) is 35.9 Å². The minimum absolute atomic E-state index is 0.0140. The summed E-state index contributed by atoms with van der Waals surface area (Å²) in [5.41, 5.74) is 0.516. The Labute approximate surface area is 162 Å². The number of rotatable bonds is 7. The van der Waals surface area contributed by atoms with E-state index in [0.717, 1.165) is 5.56 Å². The fourth-order valence-electron chi connectivity index (χ4n) is 2.76. The highest BCUT2D eigenvalue weighted by Gasteiger charge is 2.50. The van der Waals surface area contributed by atoms with E-state index in [0.29, 0.717) is 12.2 Å². The van der Waals surface area contributed by atoms with E-state index in [1.54, 1.807) is 12.1 Å². The number of ether oxygens (including phenoxy) is 4. The van der Waals surface area contributed by atoms with Crippen LogP contribution in [0.15, 0.2) is 48.5 Å². The molecule has 3 rings (SSSR count). The van der Waals surface area contributed by atoms with Gasteiger partial charge in [0, 0.05) is 25.5 Å². The molecule has 1 saturated heterocycles. The van der Waals surface area contributed by atoms with Crippen molar-refractivity contribution in [3.05, 3.63) is 59.7 Å². The zero-order valence-electron chi connectivity index (χ0n) is 15.6. The van der Waals surface area contributed by atoms with Crippen LogP contribution in [0, 0.1) is 0 Å². The third-order valence-electron chi connectivity index (χ3n) is 4.11. The van der Waals surface area contributed by atoms with Crippen LogP contribution in [0.3, 0.4) is 0 Å². The zero-order valence-corrected chi connectivity index (χ0v) is 15.6. The van der Waals surface area contributed by atoms with Crippen molar-refractivity contribution in [2.45, 2.75) is 25.9 Å². The lowest BCUT2D eigenvalue weighted by atomic mass is 9.99. The molecule has 1 heterocycles. The van der Waals surface area contributed by atoms with Crippen LogP contribution in [-0.4, -0.2) is 31.1 Å². The molecule has 1 aliphatic heterocycles. The summed E-state index contributed by atoms with van der Waals surface area (Å²) in [6.45, 7) is 2.84. The molecule has 0 bridgehead atoms. The molecule has 2 aromatic carbocycles. The average molecular weight is 384 g/mol. The first-order valence-electron chi connectivity index (χ1n) is 8.73. The third-order valence-corrected chi connectivity index (χ3v) is 4.11. The van der Waals surface area contributed by atoms with Crippen molar-refractivity contribution >= 4 is 17.9 Å². The first kappa shape index (κ1) is 19.6. The lowest BCUT2D eigenvalue weighted by Crippen LogP contribution is -2.22. The number of carbonyl (C=O) groups is 3. The second-order valence-electron chi connectivity index (χ2n) is 6.45. The van der Waals surface area contributed by atoms with E-state index in [4.69, 9.17) is 18.9 Å². The fraction of sp³-hybridized carbons (Fsp3) is 0.286. The molecule has 0 aromatic heterocycles. The maximum Gasteiger partial charge on any atom is 0.310 e. The van der Waals surface area contributed by atoms with Gasteiger partial charge in [-0.2, -0.15) is 0 Å². The second-order valence-corrected chi connectivity index (χ2v) is 6.45. The van der Waals surface area contributed by atoms with Gasteiger partial charge in [0.15, 0.2) is 5.60 Å². The maximum atomic E-state index is 12.1. The van der Waals surface area contributed by atoms with E-state index in [1.165, 1.54) is 19.9 Å². The second kappa shape index (κ2) is 8.22. The van der Waals surface area contributed by atoms with Crippen molar-refractivity contribution in [2.24, 2.45) is 0 Å². The third kappa shape index (κ3) is 4.95. The Morgan fingerprint density at radius 2 is 1.68 bits per heavy atom. The van der Waals surface area contributed by atoms with Crippen LogP contribution in [0.25, 0.3) is 0 Å². The van der Waals surface area contributed by atoms with E-state index in [-0.39, 0.29) is 30.5 Å². The smallest absolute Gasteiger partial charge is 0.310 e. The molecule has 1 aliphatic rings. The first-order chi connectivity index (χ1) is 13.4. The highest BCUT2D eigenvalue weighted by atomic mass is 16.6. The molecule has 28 heavy (non-hydrogen) atoms. The SMILES string of the molecule is CC(=O)Oc1ccc(C2(COC(=O)Cc3ccccc3)CO2)c(OC(C)=O)c1. The van der Waals surface area contributed by atoms with Crippen molar-refractivity contribution in [3.8, 4) is 11.5 Å². The molecule has 2 aromatic rings. The molecule has 0 radical (unpaired) electrons. The Morgan fingerprint density at radius 1 is 1.00 bits per heavy atom. The van der Waals surface area contributed by atoms with E-state index in [9.17, 15) is 14.4 Å². The highest BCUT2D eigenvalue weighted by molar-refractivity contribution is 5.73. The summed E-state index contributed by atoms with van der Waals surface area (Å²) >= 11 is 0. The van der Waals surface area contributed by atoms with Gasteiger partial charge in [0.25, 0.3) is 0 Å². The lowest BCUT2D eigenvalue weighted by molar-refractivity contribution is -0.145. The molecule has 1 unspecified atom stereocenters. The fourth-order valence-corrected chi connectivity index (χ4v) is 2.76. The molecule has 146 valence electrons. The van der Waals surface area contributed by atoms with Gasteiger partial charge in [-0.05, 0) is 17.7 Å². The lowest BCUT2D eigenvalue weighted by Gasteiger charge is -2.17. The molecule has 7 nitrogen and oxygen atoms in total. The highest BCUT2D eigenvalue weighted by Crippen LogP contribution is 2.45. The quantitative estimate of drug-likeness (QED) is 0.411. The van der Waals surface area contributed by atoms with Gasteiger partial charge in [-0.1, -0.05) is 30.3 Å². The Morgan fingerprint density at radius 3 is 2.29 bits per heavy atom. The molecule has 0 N–H and O–H groups in total. The van der Waals surface area contributed by atoms with Crippen molar-refractivity contribution in [1.82, 2.24) is 0 Å². The van der Waals surface area contributed by atoms with E-state index in [1.807, 2.05) is 30.3 Å². The number of hydrogen-bond acceptors (Lipinski definition) is 7. The van der Waals surface area contributed by atoms with Crippen molar-refractivity contribution in [1.29, 1.82) is 0 Å². The van der Waals surface area contributed by atoms with Crippen LogP contribution in [0.2, 0.25) is 0 Å². The average Bonchev–Trinajstić information content (AvgIpc) is 3.41. The number of hydrogen-bond donors (Lipinski definition) is 0. The van der Waals surface area contributed by atoms with Crippen LogP contribution >= 0.6 is 0 Å². The summed E-state index contributed by atoms with van der Waals surface area (Å²) in [5.74, 6) is -0.967. The molecular formula is C21H20O7. The number of benzene rings is 2. The first-order valence-corrected chi connectivity index (χ1v) is 8.73. The molecule has 7 heteroatoms. The molecule has 0 amide bonds. The van der Waals surface area contributed by atoms with E-state index < -0.39 is 17.5 Å². The minimum Gasteiger partial charge on any atom is -0.462 e. The van der Waals surface area contributed by atoms with E-state index >= 15 is 0 Å².